The summed E-state index contributed by atoms with van der Waals surface area (Å²) in [6, 6.07) is 3.26. The zero-order chi connectivity index (χ0) is 18.4. The van der Waals surface area contributed by atoms with E-state index in [0.29, 0.717) is 29.5 Å². The lowest BCUT2D eigenvalue weighted by atomic mass is 9.96. The number of ketones is 1. The third-order valence-electron chi connectivity index (χ3n) is 4.46. The molecule has 0 fully saturated rings. The molecule has 2 aromatic heterocycles. The van der Waals surface area contributed by atoms with Crippen molar-refractivity contribution in [3.8, 4) is 6.01 Å². The van der Waals surface area contributed by atoms with Crippen LogP contribution in [0.15, 0.2) is 23.0 Å². The van der Waals surface area contributed by atoms with E-state index in [4.69, 9.17) is 4.74 Å². The first-order valence-electron chi connectivity index (χ1n) is 8.03. The number of hydrogen-bond donors (Lipinski definition) is 0. The fraction of sp³-hybridized carbons (Fsp3) is 0.278. The van der Waals surface area contributed by atoms with Crippen LogP contribution in [0.4, 0.5) is 8.78 Å². The SMILES string of the molecule is Cn1c(OCc2ccc(F)cc2F)nc2sc3c(c2c1=O)CCC(=O)C3. The van der Waals surface area contributed by atoms with Gasteiger partial charge in [-0.3, -0.25) is 14.2 Å². The van der Waals surface area contributed by atoms with Crippen molar-refractivity contribution in [3.63, 3.8) is 0 Å². The number of Topliss-reactive ketones (excluding diaryl/α,β-unsaturated/α-hetero) is 1. The molecule has 8 heteroatoms. The number of carbonyl (C=O) groups is 1. The van der Waals surface area contributed by atoms with E-state index < -0.39 is 11.6 Å². The minimum Gasteiger partial charge on any atom is -0.460 e. The molecule has 0 spiro atoms. The highest BCUT2D eigenvalue weighted by Gasteiger charge is 2.24. The Bertz CT molecular complexity index is 1100. The van der Waals surface area contributed by atoms with Gasteiger partial charge in [0.25, 0.3) is 5.56 Å². The van der Waals surface area contributed by atoms with E-state index in [9.17, 15) is 18.4 Å². The van der Waals surface area contributed by atoms with Gasteiger partial charge in [-0.25, -0.2) is 8.78 Å². The molecule has 5 nitrogen and oxygen atoms in total. The number of hydrogen-bond acceptors (Lipinski definition) is 5. The highest BCUT2D eigenvalue weighted by Crippen LogP contribution is 2.33. The molecule has 0 saturated heterocycles. The summed E-state index contributed by atoms with van der Waals surface area (Å²) < 4.78 is 33.5. The highest BCUT2D eigenvalue weighted by atomic mass is 32.1. The average molecular weight is 376 g/mol. The Morgan fingerprint density at radius 3 is 2.85 bits per heavy atom. The summed E-state index contributed by atoms with van der Waals surface area (Å²) in [6.07, 6.45) is 1.31. The van der Waals surface area contributed by atoms with Gasteiger partial charge in [0, 0.05) is 36.4 Å². The lowest BCUT2D eigenvalue weighted by molar-refractivity contribution is -0.118. The molecule has 1 aliphatic rings. The zero-order valence-electron chi connectivity index (χ0n) is 13.8. The van der Waals surface area contributed by atoms with E-state index in [2.05, 4.69) is 4.98 Å². The third-order valence-corrected chi connectivity index (χ3v) is 5.58. The van der Waals surface area contributed by atoms with Gasteiger partial charge < -0.3 is 4.74 Å². The van der Waals surface area contributed by atoms with Gasteiger partial charge in [-0.15, -0.1) is 11.3 Å². The van der Waals surface area contributed by atoms with Gasteiger partial charge in [-0.2, -0.15) is 4.98 Å². The summed E-state index contributed by atoms with van der Waals surface area (Å²) in [5, 5.41) is 0.528. The number of carbonyl (C=O) groups excluding carboxylic acids is 1. The second kappa shape index (κ2) is 6.28. The smallest absolute Gasteiger partial charge is 0.300 e. The molecule has 134 valence electrons. The molecule has 0 radical (unpaired) electrons. The van der Waals surface area contributed by atoms with Crippen LogP contribution in [0.1, 0.15) is 22.4 Å². The summed E-state index contributed by atoms with van der Waals surface area (Å²) >= 11 is 1.32. The van der Waals surface area contributed by atoms with Gasteiger partial charge in [0.15, 0.2) is 0 Å². The molecule has 26 heavy (non-hydrogen) atoms. The first-order valence-corrected chi connectivity index (χ1v) is 8.85. The number of fused-ring (bicyclic) bond motifs is 3. The number of halogens is 2. The van der Waals surface area contributed by atoms with Crippen molar-refractivity contribution in [1.29, 1.82) is 0 Å². The molecule has 0 bridgehead atoms. The minimum absolute atomic E-state index is 0.0520. The lowest BCUT2D eigenvalue weighted by Gasteiger charge is -2.11. The van der Waals surface area contributed by atoms with E-state index in [1.807, 2.05) is 0 Å². The van der Waals surface area contributed by atoms with Gasteiger partial charge in [0.05, 0.1) is 5.39 Å². The van der Waals surface area contributed by atoms with Crippen molar-refractivity contribution >= 4 is 27.3 Å². The van der Waals surface area contributed by atoms with Crippen molar-refractivity contribution in [3.05, 3.63) is 56.2 Å². The quantitative estimate of drug-likeness (QED) is 0.705. The van der Waals surface area contributed by atoms with Crippen molar-refractivity contribution in [2.24, 2.45) is 7.05 Å². The van der Waals surface area contributed by atoms with Crippen LogP contribution in [-0.4, -0.2) is 15.3 Å². The van der Waals surface area contributed by atoms with Crippen LogP contribution in [0.3, 0.4) is 0 Å². The van der Waals surface area contributed by atoms with E-state index in [1.54, 1.807) is 0 Å². The monoisotopic (exact) mass is 376 g/mol. The number of benzene rings is 1. The summed E-state index contributed by atoms with van der Waals surface area (Å²) in [5.74, 6) is -1.23. The fourth-order valence-corrected chi connectivity index (χ4v) is 4.29. The van der Waals surface area contributed by atoms with Crippen LogP contribution >= 0.6 is 11.3 Å². The number of thiophene rings is 1. The molecule has 0 unspecified atom stereocenters. The molecule has 0 aliphatic heterocycles. The Morgan fingerprint density at radius 2 is 2.08 bits per heavy atom. The van der Waals surface area contributed by atoms with Crippen molar-refractivity contribution < 1.29 is 18.3 Å². The van der Waals surface area contributed by atoms with E-state index >= 15 is 0 Å². The predicted molar refractivity (Wildman–Crippen MR) is 92.6 cm³/mol. The average Bonchev–Trinajstić information content (AvgIpc) is 2.95. The lowest BCUT2D eigenvalue weighted by Crippen LogP contribution is -2.21. The highest BCUT2D eigenvalue weighted by molar-refractivity contribution is 7.19. The molecular formula is C18H14F2N2O3S. The molecule has 4 rings (SSSR count). The van der Waals surface area contributed by atoms with Crippen LogP contribution < -0.4 is 10.3 Å². The summed E-state index contributed by atoms with van der Waals surface area (Å²) in [4.78, 5) is 30.2. The van der Waals surface area contributed by atoms with E-state index in [1.165, 1.54) is 29.0 Å². The molecule has 1 aliphatic carbocycles. The number of rotatable bonds is 3. The predicted octanol–water partition coefficient (Wildman–Crippen LogP) is 2.91. The second-order valence-electron chi connectivity index (χ2n) is 6.18. The fourth-order valence-electron chi connectivity index (χ4n) is 3.06. The molecular weight excluding hydrogens is 362 g/mol. The minimum atomic E-state index is -0.721. The molecule has 0 atom stereocenters. The zero-order valence-corrected chi connectivity index (χ0v) is 14.7. The maximum absolute atomic E-state index is 13.7. The molecule has 0 N–H and O–H groups in total. The summed E-state index contributed by atoms with van der Waals surface area (Å²) in [7, 11) is 1.53. The van der Waals surface area contributed by atoms with E-state index in [0.717, 1.165) is 22.6 Å². The summed E-state index contributed by atoms with van der Waals surface area (Å²) in [6.45, 7) is -0.179. The van der Waals surface area contributed by atoms with Crippen molar-refractivity contribution in [1.82, 2.24) is 9.55 Å². The Balaban J connectivity index is 1.71. The Morgan fingerprint density at radius 1 is 1.27 bits per heavy atom. The molecule has 0 amide bonds. The Labute approximate surface area is 150 Å². The number of aromatic nitrogens is 2. The molecule has 1 aromatic carbocycles. The first kappa shape index (κ1) is 16.8. The van der Waals surface area contributed by atoms with Crippen LogP contribution in [0.5, 0.6) is 6.01 Å². The van der Waals surface area contributed by atoms with Crippen molar-refractivity contribution in [2.75, 3.05) is 0 Å². The van der Waals surface area contributed by atoms with Crippen LogP contribution in [-0.2, 0) is 31.3 Å². The third kappa shape index (κ3) is 2.80. The molecule has 2 heterocycles. The van der Waals surface area contributed by atoms with Crippen LogP contribution in [0.25, 0.3) is 10.2 Å². The Kier molecular flexibility index (Phi) is 4.07. The topological polar surface area (TPSA) is 61.2 Å². The number of aryl methyl sites for hydroxylation is 1. The van der Waals surface area contributed by atoms with Gasteiger partial charge in [-0.05, 0) is 24.1 Å². The van der Waals surface area contributed by atoms with Gasteiger partial charge >= 0.3 is 6.01 Å². The Hall–Kier alpha value is -2.61. The molecule has 0 saturated carbocycles. The maximum atomic E-state index is 13.7. The number of nitrogens with zero attached hydrogens (tertiary/aromatic N) is 2. The van der Waals surface area contributed by atoms with Gasteiger partial charge in [0.1, 0.15) is 28.9 Å². The first-order chi connectivity index (χ1) is 12.4. The summed E-state index contributed by atoms with van der Waals surface area (Å²) in [5.41, 5.74) is 0.807. The largest absolute Gasteiger partial charge is 0.460 e. The van der Waals surface area contributed by atoms with Gasteiger partial charge in [-0.1, -0.05) is 0 Å². The normalized spacial score (nSPS) is 13.9. The molecule has 3 aromatic rings. The van der Waals surface area contributed by atoms with Gasteiger partial charge in [0.2, 0.25) is 0 Å². The standard InChI is InChI=1S/C18H14F2N2O3S/c1-22-17(24)15-12-5-4-11(23)7-14(12)26-16(15)21-18(22)25-8-9-2-3-10(19)6-13(9)20/h2-3,6H,4-5,7-8H2,1H3. The van der Waals surface area contributed by atoms with Crippen LogP contribution in [0, 0.1) is 11.6 Å². The second-order valence-corrected chi connectivity index (χ2v) is 7.27. The maximum Gasteiger partial charge on any atom is 0.300 e. The van der Waals surface area contributed by atoms with Crippen LogP contribution in [0.2, 0.25) is 0 Å². The number of ether oxygens (including phenoxy) is 1. The van der Waals surface area contributed by atoms with E-state index in [-0.39, 0.29) is 29.5 Å². The van der Waals surface area contributed by atoms with Crippen molar-refractivity contribution in [2.45, 2.75) is 25.9 Å².